The summed E-state index contributed by atoms with van der Waals surface area (Å²) in [5.74, 6) is 2.30. The van der Waals surface area contributed by atoms with Gasteiger partial charge in [-0.25, -0.2) is 0 Å². The molecule has 4 aliphatic carbocycles. The van der Waals surface area contributed by atoms with Crippen LogP contribution in [-0.2, 0) is 29.7 Å². The molecule has 0 aromatic heterocycles. The summed E-state index contributed by atoms with van der Waals surface area (Å²) in [6, 6.07) is 12.5. The van der Waals surface area contributed by atoms with Crippen molar-refractivity contribution < 1.29 is 15.0 Å². The molecular weight excluding hydrogens is 408 g/mol. The van der Waals surface area contributed by atoms with Gasteiger partial charge in [0.15, 0.2) is 0 Å². The molecule has 174 valence electrons. The van der Waals surface area contributed by atoms with Gasteiger partial charge in [0.05, 0.1) is 5.60 Å². The van der Waals surface area contributed by atoms with E-state index in [1.54, 1.807) is 6.92 Å². The molecule has 2 fully saturated rings. The Kier molecular flexibility index (Phi) is 4.51. The van der Waals surface area contributed by atoms with Gasteiger partial charge in [0.25, 0.3) is 0 Å². The lowest BCUT2D eigenvalue weighted by molar-refractivity contribution is -0.125. The number of aryl methyl sites for hydroxylation is 1. The molecule has 4 aliphatic rings. The van der Waals surface area contributed by atoms with Gasteiger partial charge >= 0.3 is 0 Å². The fraction of sp³-hybridized carbons (Fsp3) is 0.567. The summed E-state index contributed by atoms with van der Waals surface area (Å²) in [6.45, 7) is 6.14. The number of aliphatic hydroxyl groups is 1. The molecule has 0 heterocycles. The average molecular weight is 445 g/mol. The number of phenols is 1. The van der Waals surface area contributed by atoms with Gasteiger partial charge in [-0.05, 0) is 116 Å². The Morgan fingerprint density at radius 1 is 0.939 bits per heavy atom. The molecule has 3 nitrogen and oxygen atoms in total. The number of hydrogen-bond donors (Lipinski definition) is 2. The topological polar surface area (TPSA) is 57.5 Å². The minimum Gasteiger partial charge on any atom is -0.508 e. The van der Waals surface area contributed by atoms with Gasteiger partial charge in [0.1, 0.15) is 11.5 Å². The Balaban J connectivity index is 1.33. The molecule has 2 saturated carbocycles. The van der Waals surface area contributed by atoms with Gasteiger partial charge in [0.2, 0.25) is 0 Å². The Morgan fingerprint density at radius 3 is 2.52 bits per heavy atom. The number of aromatic hydroxyl groups is 1. The first-order valence-electron chi connectivity index (χ1n) is 12.8. The summed E-state index contributed by atoms with van der Waals surface area (Å²) in [5, 5.41) is 22.3. The van der Waals surface area contributed by atoms with Crippen molar-refractivity contribution in [2.45, 2.75) is 83.7 Å². The molecule has 2 N–H and O–H groups in total. The molecule has 33 heavy (non-hydrogen) atoms. The van der Waals surface area contributed by atoms with E-state index in [4.69, 9.17) is 0 Å². The predicted octanol–water partition coefficient (Wildman–Crippen LogP) is 5.83. The van der Waals surface area contributed by atoms with Crippen LogP contribution in [0.15, 0.2) is 36.4 Å². The molecule has 2 aromatic rings. The van der Waals surface area contributed by atoms with E-state index in [-0.39, 0.29) is 16.6 Å². The predicted molar refractivity (Wildman–Crippen MR) is 129 cm³/mol. The van der Waals surface area contributed by atoms with Crippen molar-refractivity contribution in [3.63, 3.8) is 0 Å². The molecule has 6 atom stereocenters. The summed E-state index contributed by atoms with van der Waals surface area (Å²) in [5.41, 5.74) is 5.12. The van der Waals surface area contributed by atoms with Crippen molar-refractivity contribution in [1.82, 2.24) is 0 Å². The number of Topliss-reactive ketones (excluding diaryl/α,β-unsaturated/α-hetero) is 1. The zero-order valence-corrected chi connectivity index (χ0v) is 20.2. The second kappa shape index (κ2) is 6.95. The van der Waals surface area contributed by atoms with Gasteiger partial charge in [0, 0.05) is 10.8 Å². The van der Waals surface area contributed by atoms with Crippen LogP contribution >= 0.6 is 0 Å². The maximum absolute atomic E-state index is 12.3. The van der Waals surface area contributed by atoms with E-state index >= 15 is 0 Å². The minimum atomic E-state index is -0.803. The molecular formula is C30H36O3. The molecule has 0 saturated heterocycles. The van der Waals surface area contributed by atoms with E-state index in [0.29, 0.717) is 23.5 Å². The molecule has 0 aliphatic heterocycles. The molecule has 3 heteroatoms. The monoisotopic (exact) mass is 444 g/mol. The highest BCUT2D eigenvalue weighted by atomic mass is 16.3. The van der Waals surface area contributed by atoms with Gasteiger partial charge in [-0.2, -0.15) is 0 Å². The molecule has 0 bridgehead atoms. The number of ketones is 1. The number of benzene rings is 2. The Labute approximate surface area is 197 Å². The maximum atomic E-state index is 12.3. The third-order valence-corrected chi connectivity index (χ3v) is 10.6. The maximum Gasteiger partial charge on any atom is 0.136 e. The molecule has 1 unspecified atom stereocenters. The lowest BCUT2D eigenvalue weighted by Gasteiger charge is -2.53. The Morgan fingerprint density at radius 2 is 1.73 bits per heavy atom. The molecule has 0 radical (unpaired) electrons. The first-order valence-corrected chi connectivity index (χ1v) is 12.8. The largest absolute Gasteiger partial charge is 0.508 e. The highest BCUT2D eigenvalue weighted by Crippen LogP contribution is 2.67. The minimum absolute atomic E-state index is 0.126. The average Bonchev–Trinajstić information content (AvgIpc) is 3.27. The number of hydrogen-bond acceptors (Lipinski definition) is 3. The summed E-state index contributed by atoms with van der Waals surface area (Å²) in [6.07, 6.45) is 7.80. The number of fused-ring (bicyclic) bond motifs is 6. The lowest BCUT2D eigenvalue weighted by Crippen LogP contribution is -2.49. The van der Waals surface area contributed by atoms with Gasteiger partial charge in [-0.3, -0.25) is 4.79 Å². The van der Waals surface area contributed by atoms with Crippen molar-refractivity contribution in [1.29, 1.82) is 0 Å². The zero-order chi connectivity index (χ0) is 23.2. The van der Waals surface area contributed by atoms with E-state index in [1.165, 1.54) is 22.3 Å². The molecule has 2 aromatic carbocycles. The second-order valence-electron chi connectivity index (χ2n) is 12.1. The van der Waals surface area contributed by atoms with E-state index in [0.717, 1.165) is 56.9 Å². The van der Waals surface area contributed by atoms with Crippen molar-refractivity contribution in [3.8, 4) is 5.75 Å². The van der Waals surface area contributed by atoms with Crippen LogP contribution in [0.3, 0.4) is 0 Å². The Bertz CT molecular complexity index is 1150. The summed E-state index contributed by atoms with van der Waals surface area (Å²) in [4.78, 5) is 12.3. The van der Waals surface area contributed by atoms with Crippen LogP contribution in [0.25, 0.3) is 0 Å². The highest BCUT2D eigenvalue weighted by Gasteiger charge is 2.62. The van der Waals surface area contributed by atoms with Crippen LogP contribution in [0, 0.1) is 22.7 Å². The summed E-state index contributed by atoms with van der Waals surface area (Å²) in [7, 11) is 0. The van der Waals surface area contributed by atoms with Crippen molar-refractivity contribution in [2.24, 2.45) is 22.7 Å². The number of phenolic OH excluding ortho intramolecular Hbond substituents is 1. The molecule has 0 amide bonds. The highest BCUT2D eigenvalue weighted by molar-refractivity contribution is 5.83. The zero-order valence-electron chi connectivity index (χ0n) is 20.2. The third-order valence-electron chi connectivity index (χ3n) is 10.6. The van der Waals surface area contributed by atoms with Crippen LogP contribution in [0.2, 0.25) is 0 Å². The lowest BCUT2D eigenvalue weighted by atomic mass is 9.52. The number of carbonyl (C=O) groups excluding carboxylic acids is 1. The number of carbonyl (C=O) groups is 1. The van der Waals surface area contributed by atoms with E-state index in [1.807, 2.05) is 12.1 Å². The summed E-state index contributed by atoms with van der Waals surface area (Å²) < 4.78 is 0. The first-order chi connectivity index (χ1) is 15.6. The van der Waals surface area contributed by atoms with Crippen LogP contribution in [0.1, 0.15) is 86.6 Å². The van der Waals surface area contributed by atoms with Crippen LogP contribution in [-0.4, -0.2) is 16.0 Å². The van der Waals surface area contributed by atoms with Crippen LogP contribution < -0.4 is 0 Å². The van der Waals surface area contributed by atoms with Crippen LogP contribution in [0.5, 0.6) is 5.75 Å². The second-order valence-corrected chi connectivity index (χ2v) is 12.1. The van der Waals surface area contributed by atoms with Crippen LogP contribution in [0.4, 0.5) is 0 Å². The quantitative estimate of drug-likeness (QED) is 0.613. The normalized spacial score (nSPS) is 38.8. The van der Waals surface area contributed by atoms with Gasteiger partial charge < -0.3 is 10.2 Å². The third kappa shape index (κ3) is 2.87. The Hall–Kier alpha value is -2.13. The summed E-state index contributed by atoms with van der Waals surface area (Å²) >= 11 is 0. The fourth-order valence-electron chi connectivity index (χ4n) is 8.43. The van der Waals surface area contributed by atoms with Crippen molar-refractivity contribution >= 4 is 5.78 Å². The fourth-order valence-corrected chi connectivity index (χ4v) is 8.43. The number of rotatable bonds is 2. The standard InChI is InChI=1S/C30H36O3/c1-18(31)28(2)16-20-4-6-22(14-21(20)17-28)30(33)13-11-27-26-8-5-19-15-23(32)7-9-24(19)25(26)10-12-29(27,30)3/h4,6-7,9,14-15,25-27,32-33H,5,8,10-13,16-17H2,1-3H3/t25-,26-,27+,28?,29+,30-/m1/s1. The molecule has 0 spiro atoms. The first kappa shape index (κ1) is 21.4. The van der Waals surface area contributed by atoms with E-state index < -0.39 is 5.60 Å². The molecule has 6 rings (SSSR count). The van der Waals surface area contributed by atoms with E-state index in [2.05, 4.69) is 38.1 Å². The van der Waals surface area contributed by atoms with Gasteiger partial charge in [-0.15, -0.1) is 0 Å². The SMILES string of the molecule is CC(=O)C1(C)Cc2ccc([C@]3(O)CC[C@H]4[C@@H]5CCc6cc(O)ccc6[C@H]5CC[C@@]43C)cc2C1. The van der Waals surface area contributed by atoms with Crippen molar-refractivity contribution in [3.05, 3.63) is 64.2 Å². The van der Waals surface area contributed by atoms with Gasteiger partial charge in [-0.1, -0.05) is 38.1 Å². The smallest absolute Gasteiger partial charge is 0.136 e. The van der Waals surface area contributed by atoms with E-state index in [9.17, 15) is 15.0 Å². The van der Waals surface area contributed by atoms with Crippen molar-refractivity contribution in [2.75, 3.05) is 0 Å².